The van der Waals surface area contributed by atoms with Crippen LogP contribution in [0.5, 0.6) is 0 Å². The predicted octanol–water partition coefficient (Wildman–Crippen LogP) is 2.85. The van der Waals surface area contributed by atoms with E-state index in [9.17, 15) is 0 Å². The third kappa shape index (κ3) is 7.62. The van der Waals surface area contributed by atoms with Crippen molar-refractivity contribution in [2.75, 3.05) is 21.3 Å². The second kappa shape index (κ2) is 10.5. The molecule has 0 aromatic carbocycles. The SMILES string of the molecule is C=CC(C)[SiH](Cl)Cl.C=C[Si](OC)(OC)OC. The highest BCUT2D eigenvalue weighted by Crippen LogP contribution is 2.15. The van der Waals surface area contributed by atoms with Crippen LogP contribution in [0, 0.1) is 0 Å². The second-order valence-corrected chi connectivity index (χ2v) is 10.9. The summed E-state index contributed by atoms with van der Waals surface area (Å²) in [4.78, 5) is 0. The van der Waals surface area contributed by atoms with Crippen molar-refractivity contribution in [3.63, 3.8) is 0 Å². The Kier molecular flexibility index (Phi) is 12.3. The molecule has 0 aliphatic carbocycles. The van der Waals surface area contributed by atoms with Gasteiger partial charge in [-0.05, 0) is 11.2 Å². The smallest absolute Gasteiger partial charge is 0.374 e. The van der Waals surface area contributed by atoms with Gasteiger partial charge in [0.05, 0.1) is 0 Å². The van der Waals surface area contributed by atoms with Crippen LogP contribution in [0.2, 0.25) is 5.54 Å². The molecule has 0 aromatic rings. The molecule has 0 aliphatic rings. The standard InChI is InChI=1S/C5H12O3Si.C4H8Cl2Si/c1-5-9(6-2,7-3)8-4;1-3-4(2)7(5)6/h5H,1H2,2-4H3;3-4,7H,1H2,2H3. The maximum atomic E-state index is 5.56. The molecule has 1 atom stereocenters. The first-order valence-corrected chi connectivity index (χ1v) is 10.6. The van der Waals surface area contributed by atoms with Gasteiger partial charge in [-0.1, -0.05) is 19.6 Å². The van der Waals surface area contributed by atoms with Gasteiger partial charge in [0.15, 0.2) is 0 Å². The van der Waals surface area contributed by atoms with E-state index < -0.39 is 16.2 Å². The van der Waals surface area contributed by atoms with E-state index in [-0.39, 0.29) is 0 Å². The molecule has 7 heteroatoms. The van der Waals surface area contributed by atoms with Gasteiger partial charge in [-0.3, -0.25) is 0 Å². The lowest BCUT2D eigenvalue weighted by molar-refractivity contribution is 0.138. The van der Waals surface area contributed by atoms with Crippen molar-refractivity contribution < 1.29 is 13.3 Å². The molecule has 0 spiro atoms. The second-order valence-electron chi connectivity index (χ2n) is 2.85. The van der Waals surface area contributed by atoms with E-state index in [1.54, 1.807) is 33.1 Å². The Hall–Kier alpha value is 0.374. The molecule has 0 aromatic heterocycles. The molecule has 96 valence electrons. The Bertz CT molecular complexity index is 191. The predicted molar refractivity (Wildman–Crippen MR) is 75.5 cm³/mol. The lowest BCUT2D eigenvalue weighted by Crippen LogP contribution is -2.40. The lowest BCUT2D eigenvalue weighted by Gasteiger charge is -2.19. The minimum atomic E-state index is -2.43. The third-order valence-corrected chi connectivity index (χ3v) is 7.53. The number of hydrogen-bond donors (Lipinski definition) is 0. The number of halogens is 2. The first-order valence-electron chi connectivity index (χ1n) is 4.62. The molecule has 0 amide bonds. The van der Waals surface area contributed by atoms with Crippen LogP contribution in [0.15, 0.2) is 24.9 Å². The Morgan fingerprint density at radius 3 is 1.50 bits per heavy atom. The molecule has 0 saturated carbocycles. The van der Waals surface area contributed by atoms with Crippen LogP contribution >= 0.6 is 22.2 Å². The van der Waals surface area contributed by atoms with Gasteiger partial charge in [0.1, 0.15) is 0 Å². The quantitative estimate of drug-likeness (QED) is 0.429. The first kappa shape index (κ1) is 18.7. The Morgan fingerprint density at radius 2 is 1.50 bits per heavy atom. The molecule has 16 heavy (non-hydrogen) atoms. The van der Waals surface area contributed by atoms with E-state index in [0.717, 1.165) is 0 Å². The van der Waals surface area contributed by atoms with Crippen molar-refractivity contribution in [1.29, 1.82) is 0 Å². The van der Waals surface area contributed by atoms with Crippen molar-refractivity contribution in [2.45, 2.75) is 12.5 Å². The summed E-state index contributed by atoms with van der Waals surface area (Å²) in [5, 5.41) is 0. The number of hydrogen-bond acceptors (Lipinski definition) is 3. The molecular weight excluding hydrogens is 283 g/mol. The van der Waals surface area contributed by atoms with Crippen LogP contribution in [-0.2, 0) is 13.3 Å². The van der Waals surface area contributed by atoms with E-state index in [0.29, 0.717) is 5.54 Å². The van der Waals surface area contributed by atoms with Crippen LogP contribution in [-0.4, -0.2) is 37.6 Å². The average molecular weight is 303 g/mol. The molecule has 0 radical (unpaired) electrons. The highest BCUT2D eigenvalue weighted by atomic mass is 35.7. The summed E-state index contributed by atoms with van der Waals surface area (Å²) in [7, 11) is 0.762. The van der Waals surface area contributed by atoms with Crippen molar-refractivity contribution >= 4 is 38.4 Å². The minimum absolute atomic E-state index is 0.336. The van der Waals surface area contributed by atoms with E-state index in [1.165, 1.54) is 0 Å². The molecule has 0 fully saturated rings. The van der Waals surface area contributed by atoms with Gasteiger partial charge in [0.2, 0.25) is 7.42 Å². The van der Waals surface area contributed by atoms with E-state index in [4.69, 9.17) is 35.4 Å². The fourth-order valence-electron chi connectivity index (χ4n) is 0.603. The van der Waals surface area contributed by atoms with Crippen LogP contribution in [0.1, 0.15) is 6.92 Å². The Balaban J connectivity index is 0. The van der Waals surface area contributed by atoms with Gasteiger partial charge >= 0.3 is 8.80 Å². The molecule has 0 N–H and O–H groups in total. The van der Waals surface area contributed by atoms with Crippen LogP contribution in [0.25, 0.3) is 0 Å². The van der Waals surface area contributed by atoms with Crippen molar-refractivity contribution in [3.8, 4) is 0 Å². The zero-order valence-corrected chi connectivity index (χ0v) is 13.9. The molecule has 0 rings (SSSR count). The molecule has 0 saturated heterocycles. The van der Waals surface area contributed by atoms with E-state index in [2.05, 4.69) is 13.2 Å². The van der Waals surface area contributed by atoms with Crippen molar-refractivity contribution in [1.82, 2.24) is 0 Å². The summed E-state index contributed by atoms with van der Waals surface area (Å²) in [6.07, 6.45) is 1.79. The van der Waals surface area contributed by atoms with E-state index in [1.807, 2.05) is 6.92 Å². The summed E-state index contributed by atoms with van der Waals surface area (Å²) in [5.41, 5.74) is 1.91. The largest absolute Gasteiger partial charge is 0.528 e. The van der Waals surface area contributed by atoms with Gasteiger partial charge in [-0.2, -0.15) is 0 Å². The Morgan fingerprint density at radius 1 is 1.12 bits per heavy atom. The van der Waals surface area contributed by atoms with Crippen molar-refractivity contribution in [3.05, 3.63) is 24.9 Å². The highest BCUT2D eigenvalue weighted by molar-refractivity contribution is 7.34. The van der Waals surface area contributed by atoms with Gasteiger partial charge in [-0.15, -0.1) is 28.7 Å². The van der Waals surface area contributed by atoms with Crippen molar-refractivity contribution in [2.24, 2.45) is 0 Å². The summed E-state index contributed by atoms with van der Waals surface area (Å²) in [6.45, 7) is 9.06. The van der Waals surface area contributed by atoms with Gasteiger partial charge in [-0.25, -0.2) is 0 Å². The summed E-state index contributed by atoms with van der Waals surface area (Å²) < 4.78 is 14.9. The first-order chi connectivity index (χ1) is 7.42. The van der Waals surface area contributed by atoms with Crippen LogP contribution < -0.4 is 0 Å². The normalized spacial score (nSPS) is 12.7. The maximum absolute atomic E-state index is 5.56. The van der Waals surface area contributed by atoms with Crippen LogP contribution in [0.3, 0.4) is 0 Å². The van der Waals surface area contributed by atoms with Gasteiger partial charge < -0.3 is 13.3 Å². The van der Waals surface area contributed by atoms with Gasteiger partial charge in [0.25, 0.3) is 0 Å². The minimum Gasteiger partial charge on any atom is -0.374 e. The highest BCUT2D eigenvalue weighted by Gasteiger charge is 2.33. The summed E-state index contributed by atoms with van der Waals surface area (Å²) in [6, 6.07) is 0. The lowest BCUT2D eigenvalue weighted by atomic mass is 10.5. The van der Waals surface area contributed by atoms with Gasteiger partial charge in [0, 0.05) is 21.3 Å². The maximum Gasteiger partial charge on any atom is 0.528 e. The molecule has 0 heterocycles. The number of rotatable bonds is 6. The molecule has 3 nitrogen and oxygen atoms in total. The fraction of sp³-hybridized carbons (Fsp3) is 0.556. The molecule has 0 aliphatic heterocycles. The molecule has 1 unspecified atom stereocenters. The topological polar surface area (TPSA) is 27.7 Å². The third-order valence-electron chi connectivity index (χ3n) is 1.87. The zero-order chi connectivity index (χ0) is 13.2. The summed E-state index contributed by atoms with van der Waals surface area (Å²) in [5.74, 6) is 0. The monoisotopic (exact) mass is 302 g/mol. The summed E-state index contributed by atoms with van der Waals surface area (Å²) >= 11 is 11.1. The fourth-order valence-corrected chi connectivity index (χ4v) is 2.43. The Labute approximate surface area is 110 Å². The zero-order valence-electron chi connectivity index (χ0n) is 10.2. The van der Waals surface area contributed by atoms with E-state index >= 15 is 0 Å². The molecular formula is C9H20Cl2O3Si2. The number of allylic oxidation sites excluding steroid dienone is 1. The molecule has 0 bridgehead atoms. The average Bonchev–Trinajstić information content (AvgIpc) is 2.32. The van der Waals surface area contributed by atoms with Crippen LogP contribution in [0.4, 0.5) is 0 Å².